The first kappa shape index (κ1) is 37.2. The smallest absolute Gasteiger partial charge is 0.145 e. The molecule has 36 heavy (non-hydrogen) atoms. The van der Waals surface area contributed by atoms with Crippen molar-refractivity contribution in [1.29, 1.82) is 0 Å². The average Bonchev–Trinajstić information content (AvgIpc) is 2.65. The molecule has 0 aliphatic heterocycles. The van der Waals surface area contributed by atoms with Crippen LogP contribution in [0.4, 0.5) is 0 Å². The maximum absolute atomic E-state index is 6.95. The summed E-state index contributed by atoms with van der Waals surface area (Å²) in [5, 5.41) is 0. The van der Waals surface area contributed by atoms with E-state index < -0.39 is 33.5 Å². The Labute approximate surface area is 270 Å². The van der Waals surface area contributed by atoms with Gasteiger partial charge in [-0.1, -0.05) is 40.7 Å². The third-order valence-corrected chi connectivity index (χ3v) is 26.5. The van der Waals surface area contributed by atoms with Crippen LogP contribution in [-0.4, -0.2) is 33.5 Å². The van der Waals surface area contributed by atoms with E-state index in [1.54, 1.807) is 0 Å². The second kappa shape index (κ2) is 12.8. The lowest BCUT2D eigenvalue weighted by atomic mass is 9.85. The first-order chi connectivity index (χ1) is 15.6. The Hall–Kier alpha value is 3.20. The van der Waals surface area contributed by atoms with E-state index in [2.05, 4.69) is 40.7 Å². The average molecular weight is 783 g/mol. The van der Waals surface area contributed by atoms with E-state index in [1.165, 1.54) is 0 Å². The molecule has 210 valence electrons. The van der Waals surface area contributed by atoms with E-state index in [4.69, 9.17) is 111 Å². The van der Waals surface area contributed by atoms with Crippen LogP contribution in [0.15, 0.2) is 6.07 Å². The molecule has 0 saturated carbocycles. The molecule has 0 nitrogen and oxygen atoms in total. The maximum atomic E-state index is 6.95. The Bertz CT molecular complexity index is 864. The van der Waals surface area contributed by atoms with Gasteiger partial charge in [-0.15, -0.1) is 111 Å². The van der Waals surface area contributed by atoms with Gasteiger partial charge < -0.3 is 0 Å². The molecule has 0 radical (unpaired) electrons. The minimum absolute atomic E-state index is 0.142. The number of hydrogen-bond donors (Lipinski definition) is 0. The Balaban J connectivity index is 4.61. The van der Waals surface area contributed by atoms with Gasteiger partial charge in [0.1, 0.15) is 0 Å². The molecule has 0 aromatic heterocycles. The first-order valence-electron chi connectivity index (χ1n) is 11.7. The van der Waals surface area contributed by atoms with Gasteiger partial charge in [-0.25, -0.2) is 0 Å². The predicted molar refractivity (Wildman–Crippen MR) is 185 cm³/mol. The van der Waals surface area contributed by atoms with Gasteiger partial charge in [0.25, 0.3) is 33.5 Å². The van der Waals surface area contributed by atoms with E-state index in [-0.39, 0.29) is 27.7 Å². The maximum Gasteiger partial charge on any atom is 0.255 e. The van der Waals surface area contributed by atoms with Gasteiger partial charge in [-0.05, 0) is 60.6 Å². The van der Waals surface area contributed by atoms with Crippen LogP contribution >= 0.6 is 111 Å². The summed E-state index contributed by atoms with van der Waals surface area (Å²) in [5.41, 5.74) is 4.24. The largest absolute Gasteiger partial charge is 0.255 e. The van der Waals surface area contributed by atoms with E-state index in [9.17, 15) is 0 Å². The Morgan fingerprint density at radius 2 is 0.583 bits per heavy atom. The molecule has 1 rings (SSSR count). The Kier molecular flexibility index (Phi) is 13.3. The van der Waals surface area contributed by atoms with Crippen molar-refractivity contribution in [3.8, 4) is 0 Å². The number of halogens is 10. The van der Waals surface area contributed by atoms with Gasteiger partial charge in [0.05, 0.1) is 0 Å². The van der Waals surface area contributed by atoms with Gasteiger partial charge in [0, 0.05) is 27.7 Å². The summed E-state index contributed by atoms with van der Waals surface area (Å²) in [6.07, 6.45) is 0. The van der Waals surface area contributed by atoms with Crippen LogP contribution in [0.25, 0.3) is 0 Å². The molecule has 0 heterocycles. The van der Waals surface area contributed by atoms with Crippen molar-refractivity contribution in [3.63, 3.8) is 0 Å². The Morgan fingerprint density at radius 1 is 0.389 bits per heavy atom. The summed E-state index contributed by atoms with van der Waals surface area (Å²) < 4.78 is 0. The molecule has 15 heteroatoms. The van der Waals surface area contributed by atoms with Crippen molar-refractivity contribution < 1.29 is 0 Å². The van der Waals surface area contributed by atoms with Crippen molar-refractivity contribution in [2.24, 2.45) is 0 Å². The van der Waals surface area contributed by atoms with E-state index in [1.807, 2.05) is 32.7 Å². The van der Waals surface area contributed by atoms with Crippen molar-refractivity contribution in [1.82, 2.24) is 0 Å². The Morgan fingerprint density at radius 3 is 0.778 bits per heavy atom. The number of hydrogen-bond acceptors (Lipinski definition) is 0. The summed E-state index contributed by atoms with van der Waals surface area (Å²) in [5.74, 6) is 0. The lowest BCUT2D eigenvalue weighted by Gasteiger charge is -2.40. The van der Waals surface area contributed by atoms with Crippen LogP contribution < -0.4 is 0 Å². The van der Waals surface area contributed by atoms with Gasteiger partial charge in [-0.3, -0.25) is 0 Å². The normalized spacial score (nSPS) is 18.6. The zero-order valence-corrected chi connectivity index (χ0v) is 34.8. The van der Waals surface area contributed by atoms with Gasteiger partial charge >= 0.3 is 0 Å². The van der Waals surface area contributed by atoms with Crippen molar-refractivity contribution in [3.05, 3.63) is 33.9 Å². The van der Waals surface area contributed by atoms with Gasteiger partial charge in [0.15, 0.2) is 0 Å². The van der Waals surface area contributed by atoms with Crippen molar-refractivity contribution in [2.45, 2.75) is 95.1 Å². The number of rotatable bonds is 10. The fourth-order valence-electron chi connectivity index (χ4n) is 4.24. The summed E-state index contributed by atoms with van der Waals surface area (Å²) in [7, 11) is 0. The molecule has 0 aliphatic carbocycles. The third kappa shape index (κ3) is 9.10. The molecular formula is C21H36Cl10Si5. The van der Waals surface area contributed by atoms with E-state index >= 15 is 0 Å². The highest BCUT2D eigenvalue weighted by Crippen LogP contribution is 2.53. The van der Waals surface area contributed by atoms with Crippen molar-refractivity contribution in [2.75, 3.05) is 0 Å². The highest BCUT2D eigenvalue weighted by Gasteiger charge is 2.47. The summed E-state index contributed by atoms with van der Waals surface area (Å²) in [6, 6.07) is 2.17. The molecule has 5 unspecified atom stereocenters. The standard InChI is InChI=1S/C21H36Cl10Si5/c1-12(32(6,22)23)17-11-18(13(2)33(7,24)25)20(15(4)35(9,28)29)21(16(5)36(10,30)31)19(17)14(3)34(8,26)27/h11-16H,1-10H3. The summed E-state index contributed by atoms with van der Waals surface area (Å²) in [6.45, 7) is 6.20. The molecule has 1 aromatic rings. The lowest BCUT2D eigenvalue weighted by Crippen LogP contribution is -2.37. The molecule has 0 saturated heterocycles. The van der Waals surface area contributed by atoms with Crippen LogP contribution in [0.2, 0.25) is 32.7 Å². The predicted octanol–water partition coefficient (Wildman–Crippen LogP) is 12.6. The minimum Gasteiger partial charge on any atom is -0.145 e. The second-order valence-electron chi connectivity index (χ2n) is 10.7. The van der Waals surface area contributed by atoms with Crippen LogP contribution in [0, 0.1) is 0 Å². The summed E-state index contributed by atoms with van der Waals surface area (Å²) >= 11 is 69.0. The molecular weight excluding hydrogens is 747 g/mol. The van der Waals surface area contributed by atoms with Crippen LogP contribution in [0.1, 0.15) is 90.1 Å². The minimum atomic E-state index is -2.79. The van der Waals surface area contributed by atoms with Gasteiger partial charge in [0.2, 0.25) is 0 Å². The van der Waals surface area contributed by atoms with E-state index in [0.29, 0.717) is 0 Å². The van der Waals surface area contributed by atoms with Gasteiger partial charge in [-0.2, -0.15) is 0 Å². The third-order valence-electron chi connectivity index (χ3n) is 7.55. The fraction of sp³-hybridized carbons (Fsp3) is 0.714. The summed E-state index contributed by atoms with van der Waals surface area (Å²) in [4.78, 5) is 0. The molecule has 0 bridgehead atoms. The number of benzene rings is 1. The van der Waals surface area contributed by atoms with Crippen LogP contribution in [0.5, 0.6) is 0 Å². The molecule has 1 aromatic carbocycles. The van der Waals surface area contributed by atoms with E-state index in [0.717, 1.165) is 27.8 Å². The second-order valence-corrected chi connectivity index (χ2v) is 51.0. The molecule has 0 amide bonds. The van der Waals surface area contributed by atoms with Crippen LogP contribution in [-0.2, 0) is 0 Å². The quantitative estimate of drug-likeness (QED) is 0.164. The molecule has 0 aliphatic rings. The molecule has 0 N–H and O–H groups in total. The molecule has 0 fully saturated rings. The monoisotopic (exact) mass is 778 g/mol. The molecule has 5 atom stereocenters. The first-order valence-corrected chi connectivity index (χ1v) is 34.7. The fourth-order valence-corrected chi connectivity index (χ4v) is 11.7. The van der Waals surface area contributed by atoms with Crippen molar-refractivity contribution >= 4 is 144 Å². The highest BCUT2D eigenvalue weighted by molar-refractivity contribution is 7.47. The highest BCUT2D eigenvalue weighted by atomic mass is 35.7. The SMILES string of the molecule is CC(c1cc(C(C)[Si](C)(Cl)Cl)c(C(C)[Si](C)(Cl)Cl)c(C(C)[Si](C)(Cl)Cl)c1C(C)[Si](C)(Cl)Cl)[Si](C)(Cl)Cl. The zero-order valence-electron chi connectivity index (χ0n) is 22.2. The topological polar surface area (TPSA) is 0 Å². The lowest BCUT2D eigenvalue weighted by molar-refractivity contribution is 0.845. The molecule has 0 spiro atoms. The van der Waals surface area contributed by atoms with Crippen LogP contribution in [0.3, 0.4) is 0 Å². The zero-order chi connectivity index (χ0) is 29.0.